The number of rotatable bonds is 6. The Kier molecular flexibility index (Phi) is 6.90. The van der Waals surface area contributed by atoms with Crippen molar-refractivity contribution in [2.75, 3.05) is 7.11 Å². The fraction of sp³-hybridized carbons (Fsp3) is 0.0370. The van der Waals surface area contributed by atoms with Crippen LogP contribution in [-0.4, -0.2) is 25.0 Å². The monoisotopic (exact) mass is 481 g/mol. The van der Waals surface area contributed by atoms with E-state index in [0.29, 0.717) is 16.7 Å². The number of nitrogens with one attached hydrogen (secondary N) is 1. The second kappa shape index (κ2) is 10.4. The number of esters is 2. The zero-order valence-electron chi connectivity index (χ0n) is 19.0. The highest BCUT2D eigenvalue weighted by atomic mass is 16.6. The van der Waals surface area contributed by atoms with Gasteiger partial charge in [0.25, 0.3) is 5.91 Å². The molecule has 1 heterocycles. The van der Waals surface area contributed by atoms with Gasteiger partial charge in [-0.2, -0.15) is 5.26 Å². The molecule has 0 saturated heterocycles. The van der Waals surface area contributed by atoms with Crippen LogP contribution < -0.4 is 16.0 Å². The molecule has 3 N–H and O–H groups in total. The number of nitrogens with zero attached hydrogens (tertiary/aromatic N) is 1. The molecule has 3 aromatic carbocycles. The number of nitrogen functional groups attached to an aromatic ring is 1. The van der Waals surface area contributed by atoms with Crippen molar-refractivity contribution in [2.45, 2.75) is 0 Å². The zero-order valence-corrected chi connectivity index (χ0v) is 19.0. The molecule has 4 rings (SSSR count). The molecule has 0 atom stereocenters. The number of ether oxygens (including phenoxy) is 2. The van der Waals surface area contributed by atoms with Gasteiger partial charge >= 0.3 is 11.9 Å². The fourth-order valence-electron chi connectivity index (χ4n) is 3.76. The van der Waals surface area contributed by atoms with Crippen molar-refractivity contribution in [3.63, 3.8) is 0 Å². The van der Waals surface area contributed by atoms with Crippen LogP contribution in [0.4, 0.5) is 0 Å². The predicted molar refractivity (Wildman–Crippen MR) is 129 cm³/mol. The maximum absolute atomic E-state index is 13.1. The SMILES string of the molecule is COc1ccc(C(=O)OC(=O)c2occ(-c3ccccc3)c2-c2ccccc2)c(C(=O)NN)c1C#N. The number of carbonyl (C=O) groups excluding carboxylic acids is 3. The van der Waals surface area contributed by atoms with Gasteiger partial charge in [-0.05, 0) is 23.3 Å². The summed E-state index contributed by atoms with van der Waals surface area (Å²) in [4.78, 5) is 38.5. The average Bonchev–Trinajstić information content (AvgIpc) is 3.38. The average molecular weight is 481 g/mol. The van der Waals surface area contributed by atoms with E-state index in [2.05, 4.69) is 0 Å². The van der Waals surface area contributed by atoms with Crippen molar-refractivity contribution in [3.05, 3.63) is 102 Å². The lowest BCUT2D eigenvalue weighted by atomic mass is 9.97. The molecule has 0 spiro atoms. The van der Waals surface area contributed by atoms with E-state index in [0.717, 1.165) is 5.56 Å². The van der Waals surface area contributed by atoms with Gasteiger partial charge in [0.2, 0.25) is 5.76 Å². The van der Waals surface area contributed by atoms with E-state index in [4.69, 9.17) is 19.7 Å². The van der Waals surface area contributed by atoms with Crippen LogP contribution in [0.15, 0.2) is 83.5 Å². The highest BCUT2D eigenvalue weighted by molar-refractivity contribution is 6.12. The largest absolute Gasteiger partial charge is 0.495 e. The first-order chi connectivity index (χ1) is 17.5. The molecule has 9 nitrogen and oxygen atoms in total. The molecule has 0 saturated carbocycles. The zero-order chi connectivity index (χ0) is 25.7. The molecular weight excluding hydrogens is 462 g/mol. The predicted octanol–water partition coefficient (Wildman–Crippen LogP) is 4.09. The molecule has 1 amide bonds. The Morgan fingerprint density at radius 2 is 1.56 bits per heavy atom. The first-order valence-electron chi connectivity index (χ1n) is 10.6. The van der Waals surface area contributed by atoms with Crippen molar-refractivity contribution in [1.82, 2.24) is 5.43 Å². The second-order valence-corrected chi connectivity index (χ2v) is 7.41. The van der Waals surface area contributed by atoms with Crippen LogP contribution >= 0.6 is 0 Å². The van der Waals surface area contributed by atoms with Crippen LogP contribution in [0.2, 0.25) is 0 Å². The smallest absolute Gasteiger partial charge is 0.382 e. The molecule has 1 aromatic heterocycles. The van der Waals surface area contributed by atoms with Gasteiger partial charge < -0.3 is 13.9 Å². The first-order valence-corrected chi connectivity index (χ1v) is 10.6. The Hall–Kier alpha value is -5.20. The Balaban J connectivity index is 1.76. The van der Waals surface area contributed by atoms with E-state index < -0.39 is 17.8 Å². The molecular formula is C27H19N3O6. The number of methoxy groups -OCH3 is 1. The van der Waals surface area contributed by atoms with Crippen molar-refractivity contribution < 1.29 is 28.3 Å². The number of hydrogen-bond donors (Lipinski definition) is 2. The van der Waals surface area contributed by atoms with Crippen molar-refractivity contribution in [2.24, 2.45) is 5.84 Å². The van der Waals surface area contributed by atoms with Gasteiger partial charge in [-0.1, -0.05) is 60.7 Å². The van der Waals surface area contributed by atoms with Gasteiger partial charge in [-0.3, -0.25) is 10.2 Å². The van der Waals surface area contributed by atoms with Gasteiger partial charge in [0.1, 0.15) is 23.6 Å². The minimum Gasteiger partial charge on any atom is -0.495 e. The summed E-state index contributed by atoms with van der Waals surface area (Å²) in [6.07, 6.45) is 1.41. The number of benzene rings is 3. The number of hydrazine groups is 1. The summed E-state index contributed by atoms with van der Waals surface area (Å²) < 4.78 is 15.8. The van der Waals surface area contributed by atoms with Crippen molar-refractivity contribution in [3.8, 4) is 34.1 Å². The Morgan fingerprint density at radius 1 is 0.917 bits per heavy atom. The van der Waals surface area contributed by atoms with Crippen LogP contribution in [0.1, 0.15) is 36.8 Å². The standard InChI is InChI=1S/C27H19N3O6/c1-34-21-13-12-18(23(19(21)14-28)25(31)30-29)26(32)36-27(33)24-22(17-10-6-3-7-11-17)20(15-35-24)16-8-4-2-5-9-16/h2-13,15H,29H2,1H3,(H,30,31). The number of nitriles is 1. The highest BCUT2D eigenvalue weighted by Crippen LogP contribution is 2.37. The number of nitrogens with two attached hydrogens (primary N) is 1. The quantitative estimate of drug-likeness (QED) is 0.138. The summed E-state index contributed by atoms with van der Waals surface area (Å²) >= 11 is 0. The molecule has 0 fully saturated rings. The van der Waals surface area contributed by atoms with Gasteiger partial charge in [0.05, 0.1) is 18.2 Å². The minimum absolute atomic E-state index is 0.0453. The van der Waals surface area contributed by atoms with Crippen LogP contribution in [0, 0.1) is 11.3 Å². The van der Waals surface area contributed by atoms with Gasteiger partial charge in [-0.15, -0.1) is 0 Å². The maximum Gasteiger partial charge on any atom is 0.382 e. The van der Waals surface area contributed by atoms with Crippen molar-refractivity contribution >= 4 is 17.8 Å². The summed E-state index contributed by atoms with van der Waals surface area (Å²) in [6, 6.07) is 22.6. The maximum atomic E-state index is 13.1. The van der Waals surface area contributed by atoms with E-state index in [-0.39, 0.29) is 28.2 Å². The Bertz CT molecular complexity index is 1490. The van der Waals surface area contributed by atoms with E-state index in [9.17, 15) is 19.6 Å². The van der Waals surface area contributed by atoms with Crippen LogP contribution in [0.25, 0.3) is 22.3 Å². The molecule has 0 aliphatic carbocycles. The van der Waals surface area contributed by atoms with Crippen LogP contribution in [0.5, 0.6) is 5.75 Å². The first kappa shape index (κ1) is 23.9. The van der Waals surface area contributed by atoms with Crippen LogP contribution in [-0.2, 0) is 4.74 Å². The third-order valence-electron chi connectivity index (χ3n) is 5.39. The second-order valence-electron chi connectivity index (χ2n) is 7.41. The lowest BCUT2D eigenvalue weighted by Crippen LogP contribution is -2.32. The summed E-state index contributed by atoms with van der Waals surface area (Å²) in [7, 11) is 1.30. The summed E-state index contributed by atoms with van der Waals surface area (Å²) in [6.45, 7) is 0. The topological polar surface area (TPSA) is 145 Å². The third-order valence-corrected chi connectivity index (χ3v) is 5.39. The lowest BCUT2D eigenvalue weighted by molar-refractivity contribution is 0.0374. The summed E-state index contributed by atoms with van der Waals surface area (Å²) in [5, 5.41) is 9.53. The Morgan fingerprint density at radius 3 is 2.14 bits per heavy atom. The minimum atomic E-state index is -1.17. The fourth-order valence-corrected chi connectivity index (χ4v) is 3.76. The number of furan rings is 1. The number of amides is 1. The summed E-state index contributed by atoms with van der Waals surface area (Å²) in [5.41, 5.74) is 3.44. The van der Waals surface area contributed by atoms with Gasteiger partial charge in [0, 0.05) is 11.1 Å². The molecule has 9 heteroatoms. The molecule has 36 heavy (non-hydrogen) atoms. The van der Waals surface area contributed by atoms with E-state index >= 15 is 0 Å². The molecule has 178 valence electrons. The van der Waals surface area contributed by atoms with E-state index in [1.807, 2.05) is 47.9 Å². The number of carbonyl (C=O) groups is 3. The molecule has 0 radical (unpaired) electrons. The highest BCUT2D eigenvalue weighted by Gasteiger charge is 2.29. The molecule has 0 aliphatic rings. The molecule has 0 bridgehead atoms. The Labute approximate surface area is 205 Å². The molecule has 4 aromatic rings. The third kappa shape index (κ3) is 4.44. The normalized spacial score (nSPS) is 10.2. The van der Waals surface area contributed by atoms with Gasteiger partial charge in [0.15, 0.2) is 0 Å². The summed E-state index contributed by atoms with van der Waals surface area (Å²) in [5.74, 6) is 1.90. The van der Waals surface area contributed by atoms with E-state index in [1.54, 1.807) is 24.3 Å². The number of hydrogen-bond acceptors (Lipinski definition) is 8. The molecule has 0 unspecified atom stereocenters. The van der Waals surface area contributed by atoms with Gasteiger partial charge in [-0.25, -0.2) is 15.4 Å². The van der Waals surface area contributed by atoms with Crippen LogP contribution in [0.3, 0.4) is 0 Å². The molecule has 0 aliphatic heterocycles. The van der Waals surface area contributed by atoms with Crippen molar-refractivity contribution in [1.29, 1.82) is 5.26 Å². The van der Waals surface area contributed by atoms with E-state index in [1.165, 1.54) is 25.5 Å². The lowest BCUT2D eigenvalue weighted by Gasteiger charge is -2.12.